The van der Waals surface area contributed by atoms with Gasteiger partial charge in [-0.25, -0.2) is 0 Å². The Bertz CT molecular complexity index is 608. The third-order valence-corrected chi connectivity index (χ3v) is 4.75. The van der Waals surface area contributed by atoms with E-state index in [4.69, 9.17) is 4.74 Å². The van der Waals surface area contributed by atoms with Crippen molar-refractivity contribution in [2.75, 3.05) is 0 Å². The third-order valence-electron chi connectivity index (χ3n) is 3.28. The van der Waals surface area contributed by atoms with Crippen LogP contribution in [0.5, 0.6) is 5.75 Å². The van der Waals surface area contributed by atoms with Crippen LogP contribution in [0.3, 0.4) is 0 Å². The fourth-order valence-electron chi connectivity index (χ4n) is 2.01. The van der Waals surface area contributed by atoms with Gasteiger partial charge in [0.2, 0.25) is 0 Å². The quantitative estimate of drug-likeness (QED) is 0.694. The van der Waals surface area contributed by atoms with Crippen LogP contribution in [0.15, 0.2) is 46.9 Å². The topological polar surface area (TPSA) is 29.5 Å². The van der Waals surface area contributed by atoms with Crippen molar-refractivity contribution in [3.8, 4) is 5.75 Å². The van der Waals surface area contributed by atoms with E-state index in [1.807, 2.05) is 42.5 Å². The Morgan fingerprint density at radius 2 is 1.85 bits per heavy atom. The number of aliphatic hydroxyl groups excluding tert-OH is 1. The van der Waals surface area contributed by atoms with Crippen molar-refractivity contribution in [1.82, 2.24) is 0 Å². The zero-order valence-electron chi connectivity index (χ0n) is 10.7. The molecule has 20 heavy (non-hydrogen) atoms. The molecule has 104 valence electrons. The molecule has 0 aliphatic heterocycles. The molecule has 4 heteroatoms. The summed E-state index contributed by atoms with van der Waals surface area (Å²) in [4.78, 5) is 0. The van der Waals surface area contributed by atoms with E-state index in [0.717, 1.165) is 37.8 Å². The van der Waals surface area contributed by atoms with Gasteiger partial charge in [0.25, 0.3) is 0 Å². The standard InChI is InChI=1S/C16H14BrIO2/c17-11-3-8-15(18)14(9-11)16(19)10-1-4-12(5-2-10)20-13-6-7-13/h1-5,8-9,13,16,19H,6-7H2. The molecular weight excluding hydrogens is 431 g/mol. The molecule has 0 heterocycles. The highest BCUT2D eigenvalue weighted by atomic mass is 127. The third kappa shape index (κ3) is 3.35. The Morgan fingerprint density at radius 3 is 2.50 bits per heavy atom. The van der Waals surface area contributed by atoms with Gasteiger partial charge >= 0.3 is 0 Å². The highest BCUT2D eigenvalue weighted by Gasteiger charge is 2.23. The Labute approximate surface area is 140 Å². The Morgan fingerprint density at radius 1 is 1.15 bits per heavy atom. The largest absolute Gasteiger partial charge is 0.490 e. The molecule has 2 nitrogen and oxygen atoms in total. The van der Waals surface area contributed by atoms with E-state index in [2.05, 4.69) is 38.5 Å². The minimum atomic E-state index is -0.616. The predicted octanol–water partition coefficient (Wildman–Crippen LogP) is 4.68. The van der Waals surface area contributed by atoms with Crippen LogP contribution in [0.1, 0.15) is 30.1 Å². The van der Waals surface area contributed by atoms with Crippen molar-refractivity contribution in [3.63, 3.8) is 0 Å². The molecule has 1 fully saturated rings. The van der Waals surface area contributed by atoms with Crippen LogP contribution < -0.4 is 4.74 Å². The van der Waals surface area contributed by atoms with E-state index < -0.39 is 6.10 Å². The van der Waals surface area contributed by atoms with Gasteiger partial charge in [-0.1, -0.05) is 28.1 Å². The lowest BCUT2D eigenvalue weighted by Gasteiger charge is -2.14. The molecule has 2 aromatic rings. The molecule has 1 unspecified atom stereocenters. The summed E-state index contributed by atoms with van der Waals surface area (Å²) in [6.07, 6.45) is 2.09. The molecule has 0 aromatic heterocycles. The molecule has 1 aliphatic rings. The van der Waals surface area contributed by atoms with Gasteiger partial charge in [0.05, 0.1) is 6.10 Å². The van der Waals surface area contributed by atoms with Crippen LogP contribution in [0.25, 0.3) is 0 Å². The van der Waals surface area contributed by atoms with Crippen LogP contribution in [-0.4, -0.2) is 11.2 Å². The lowest BCUT2D eigenvalue weighted by atomic mass is 10.0. The van der Waals surface area contributed by atoms with E-state index in [9.17, 15) is 5.11 Å². The Hall–Kier alpha value is -0.590. The van der Waals surface area contributed by atoms with E-state index in [-0.39, 0.29) is 0 Å². The van der Waals surface area contributed by atoms with Crippen molar-refractivity contribution in [1.29, 1.82) is 0 Å². The lowest BCUT2D eigenvalue weighted by molar-refractivity contribution is 0.219. The smallest absolute Gasteiger partial charge is 0.119 e. The SMILES string of the molecule is OC(c1ccc(OC2CC2)cc1)c1cc(Br)ccc1I. The van der Waals surface area contributed by atoms with Gasteiger partial charge in [0.1, 0.15) is 11.9 Å². The van der Waals surface area contributed by atoms with Gasteiger partial charge in [0.15, 0.2) is 0 Å². The second-order valence-corrected chi connectivity index (χ2v) is 7.03. The summed E-state index contributed by atoms with van der Waals surface area (Å²) in [5.74, 6) is 0.882. The predicted molar refractivity (Wildman–Crippen MR) is 91.0 cm³/mol. The first-order valence-electron chi connectivity index (χ1n) is 6.53. The van der Waals surface area contributed by atoms with Crippen LogP contribution in [0, 0.1) is 3.57 Å². The molecule has 0 radical (unpaired) electrons. The number of benzene rings is 2. The van der Waals surface area contributed by atoms with Crippen molar-refractivity contribution >= 4 is 38.5 Å². The molecule has 0 spiro atoms. The summed E-state index contributed by atoms with van der Waals surface area (Å²) in [6, 6.07) is 13.7. The first-order valence-corrected chi connectivity index (χ1v) is 8.40. The van der Waals surface area contributed by atoms with Crippen molar-refractivity contribution in [3.05, 3.63) is 61.6 Å². The molecule has 0 bridgehead atoms. The van der Waals surface area contributed by atoms with Crippen molar-refractivity contribution in [2.45, 2.75) is 25.0 Å². The van der Waals surface area contributed by atoms with Crippen LogP contribution in [-0.2, 0) is 0 Å². The molecular formula is C16H14BrIO2. The van der Waals surface area contributed by atoms with Gasteiger partial charge in [-0.15, -0.1) is 0 Å². The summed E-state index contributed by atoms with van der Waals surface area (Å²) in [7, 11) is 0. The number of hydrogen-bond donors (Lipinski definition) is 1. The maximum Gasteiger partial charge on any atom is 0.119 e. The van der Waals surface area contributed by atoms with Gasteiger partial charge in [-0.3, -0.25) is 0 Å². The lowest BCUT2D eigenvalue weighted by Crippen LogP contribution is -2.02. The maximum atomic E-state index is 10.5. The van der Waals surface area contributed by atoms with Gasteiger partial charge < -0.3 is 9.84 Å². The first-order chi connectivity index (χ1) is 9.63. The molecule has 1 atom stereocenters. The highest BCUT2D eigenvalue weighted by Crippen LogP contribution is 2.31. The van der Waals surface area contributed by atoms with Crippen molar-refractivity contribution < 1.29 is 9.84 Å². The first kappa shape index (κ1) is 14.4. The van der Waals surface area contributed by atoms with Crippen molar-refractivity contribution in [2.24, 2.45) is 0 Å². The fraction of sp³-hybridized carbons (Fsp3) is 0.250. The second-order valence-electron chi connectivity index (χ2n) is 4.95. The maximum absolute atomic E-state index is 10.5. The number of halogens is 2. The van der Waals surface area contributed by atoms with E-state index in [0.29, 0.717) is 6.10 Å². The number of aliphatic hydroxyl groups is 1. The molecule has 0 saturated heterocycles. The zero-order valence-corrected chi connectivity index (χ0v) is 14.5. The number of ether oxygens (including phenoxy) is 1. The molecule has 1 N–H and O–H groups in total. The molecule has 1 saturated carbocycles. The van der Waals surface area contributed by atoms with E-state index in [1.165, 1.54) is 0 Å². The monoisotopic (exact) mass is 444 g/mol. The highest BCUT2D eigenvalue weighted by molar-refractivity contribution is 14.1. The molecule has 3 rings (SSSR count). The average Bonchev–Trinajstić information content (AvgIpc) is 3.26. The average molecular weight is 445 g/mol. The molecule has 1 aliphatic carbocycles. The second kappa shape index (κ2) is 6.03. The number of rotatable bonds is 4. The fourth-order valence-corrected chi connectivity index (χ4v) is 3.02. The van der Waals surface area contributed by atoms with Gasteiger partial charge in [-0.05, 0) is 76.9 Å². The van der Waals surface area contributed by atoms with E-state index >= 15 is 0 Å². The number of hydrogen-bond acceptors (Lipinski definition) is 2. The summed E-state index contributed by atoms with van der Waals surface area (Å²) in [6.45, 7) is 0. The summed E-state index contributed by atoms with van der Waals surface area (Å²) in [5.41, 5.74) is 1.79. The van der Waals surface area contributed by atoms with Gasteiger partial charge in [-0.2, -0.15) is 0 Å². The zero-order chi connectivity index (χ0) is 14.1. The molecule has 2 aromatic carbocycles. The van der Waals surface area contributed by atoms with Gasteiger partial charge in [0, 0.05) is 8.04 Å². The van der Waals surface area contributed by atoms with E-state index in [1.54, 1.807) is 0 Å². The minimum Gasteiger partial charge on any atom is -0.490 e. The summed E-state index contributed by atoms with van der Waals surface area (Å²) < 4.78 is 7.74. The summed E-state index contributed by atoms with van der Waals surface area (Å²) in [5, 5.41) is 10.5. The minimum absolute atomic E-state index is 0.400. The summed E-state index contributed by atoms with van der Waals surface area (Å²) >= 11 is 5.69. The van der Waals surface area contributed by atoms with Crippen LogP contribution >= 0.6 is 38.5 Å². The normalized spacial score (nSPS) is 15.9. The Balaban J connectivity index is 1.81. The molecule has 0 amide bonds. The Kier molecular flexibility index (Phi) is 4.33. The van der Waals surface area contributed by atoms with Crippen LogP contribution in [0.4, 0.5) is 0 Å². The van der Waals surface area contributed by atoms with Crippen LogP contribution in [0.2, 0.25) is 0 Å².